The van der Waals surface area contributed by atoms with Crippen LogP contribution in [-0.4, -0.2) is 98.2 Å². The van der Waals surface area contributed by atoms with Gasteiger partial charge in [0.1, 0.15) is 13.1 Å². The number of likely N-dealkylation sites (N-methyl/N-ethyl adjacent to an activating group) is 1. The lowest BCUT2D eigenvalue weighted by Crippen LogP contribution is -2.32. The molecule has 0 unspecified atom stereocenters. The molecule has 0 amide bonds. The molecule has 0 aromatic heterocycles. The molecule has 0 atom stereocenters. The Morgan fingerprint density at radius 3 is 2.17 bits per heavy atom. The molecule has 0 saturated heterocycles. The summed E-state index contributed by atoms with van der Waals surface area (Å²) < 4.78 is 94.7. The molecular formula is C38H49N3O10S3. The van der Waals surface area contributed by atoms with E-state index in [-0.39, 0.29) is 28.9 Å². The van der Waals surface area contributed by atoms with Crippen molar-refractivity contribution in [3.8, 4) is 0 Å². The quantitative estimate of drug-likeness (QED) is 0.0881. The Bertz CT molecular complexity index is 2240. The fourth-order valence-electron chi connectivity index (χ4n) is 6.98. The van der Waals surface area contributed by atoms with Gasteiger partial charge in [-0.25, -0.2) is 16.8 Å². The predicted octanol–water partition coefficient (Wildman–Crippen LogP) is 5.11. The standard InChI is InChI=1S/C38H49N3O10S3/c1-37(2)30-17-11-12-18-32(30)40(23-13-15-25-52(44,45)46)34(37)19-9-7-6-8-10-20-35-38(3,4)31-27-29(54(50,51)39(5)28-36(42)43)21-22-33(31)41(35)24-14-16-26-53(47,48)49/h6-12,17-22,27H,13-16,23-26,28H2,1-5H3,(H2-,42,43,44,45,46,47,48,49). The lowest BCUT2D eigenvalue weighted by Gasteiger charge is -2.27. The maximum Gasteiger partial charge on any atom is 0.318 e. The normalized spacial score (nSPS) is 17.9. The number of benzene rings is 2. The number of carbonyl (C=O) groups is 1. The van der Waals surface area contributed by atoms with Crippen molar-refractivity contribution in [2.45, 2.75) is 69.1 Å². The van der Waals surface area contributed by atoms with Crippen molar-refractivity contribution in [2.24, 2.45) is 0 Å². The van der Waals surface area contributed by atoms with E-state index in [1.165, 1.54) is 13.1 Å². The summed E-state index contributed by atoms with van der Waals surface area (Å²) in [6, 6.07) is 12.7. The molecule has 0 spiro atoms. The van der Waals surface area contributed by atoms with Gasteiger partial charge in [-0.05, 0) is 62.9 Å². The summed E-state index contributed by atoms with van der Waals surface area (Å²) in [5.74, 6) is -2.06. The molecule has 2 aromatic rings. The zero-order valence-corrected chi connectivity index (χ0v) is 33.6. The second kappa shape index (κ2) is 16.8. The minimum absolute atomic E-state index is 0.0451. The van der Waals surface area contributed by atoms with Crippen LogP contribution in [0.5, 0.6) is 0 Å². The highest BCUT2D eigenvalue weighted by molar-refractivity contribution is 7.89. The van der Waals surface area contributed by atoms with E-state index >= 15 is 0 Å². The number of nitrogens with zero attached hydrogens (tertiary/aromatic N) is 3. The number of carboxylic acids is 1. The Kier molecular flexibility index (Phi) is 13.3. The molecule has 2 heterocycles. The fourth-order valence-corrected chi connectivity index (χ4v) is 9.26. The van der Waals surface area contributed by atoms with Gasteiger partial charge in [-0.1, -0.05) is 62.4 Å². The number of aliphatic carboxylic acids is 1. The first-order valence-corrected chi connectivity index (χ1v) is 22.2. The summed E-state index contributed by atoms with van der Waals surface area (Å²) in [6.07, 6.45) is 14.8. The number of hydrogen-bond donors (Lipinski definition) is 2. The lowest BCUT2D eigenvalue weighted by atomic mass is 9.81. The van der Waals surface area contributed by atoms with Crippen LogP contribution in [0.15, 0.2) is 95.6 Å². The molecule has 0 radical (unpaired) electrons. The van der Waals surface area contributed by atoms with Crippen LogP contribution in [0.3, 0.4) is 0 Å². The van der Waals surface area contributed by atoms with E-state index in [0.29, 0.717) is 31.5 Å². The summed E-state index contributed by atoms with van der Waals surface area (Å²) >= 11 is 0. The zero-order chi connectivity index (χ0) is 40.1. The van der Waals surface area contributed by atoms with E-state index in [4.69, 9.17) is 5.11 Å². The molecule has 0 bridgehead atoms. The van der Waals surface area contributed by atoms with E-state index in [1.54, 1.807) is 12.1 Å². The third-order valence-electron chi connectivity index (χ3n) is 9.74. The predicted molar refractivity (Wildman–Crippen MR) is 208 cm³/mol. The van der Waals surface area contributed by atoms with Crippen molar-refractivity contribution in [3.05, 3.63) is 102 Å². The Morgan fingerprint density at radius 2 is 1.50 bits per heavy atom. The van der Waals surface area contributed by atoms with Gasteiger partial charge in [0.2, 0.25) is 15.7 Å². The molecule has 54 heavy (non-hydrogen) atoms. The number of unbranched alkanes of at least 4 members (excludes halogenated alkanes) is 2. The summed E-state index contributed by atoms with van der Waals surface area (Å²) in [5, 5.41) is 9.16. The average molecular weight is 804 g/mol. The van der Waals surface area contributed by atoms with Crippen LogP contribution in [0, 0.1) is 0 Å². The number of rotatable bonds is 18. The molecule has 16 heteroatoms. The number of anilines is 1. The van der Waals surface area contributed by atoms with E-state index < -0.39 is 53.9 Å². The summed E-state index contributed by atoms with van der Waals surface area (Å²) in [4.78, 5) is 13.2. The lowest BCUT2D eigenvalue weighted by molar-refractivity contribution is -0.438. The van der Waals surface area contributed by atoms with Gasteiger partial charge >= 0.3 is 5.97 Å². The number of para-hydroxylation sites is 1. The number of allylic oxidation sites excluding steroid dienone is 8. The molecule has 294 valence electrons. The maximum atomic E-state index is 13.2. The molecule has 0 aliphatic carbocycles. The minimum atomic E-state index is -4.27. The van der Waals surface area contributed by atoms with Crippen LogP contribution >= 0.6 is 0 Å². The third-order valence-corrected chi connectivity index (χ3v) is 13.1. The number of hydrogen-bond acceptors (Lipinski definition) is 9. The van der Waals surface area contributed by atoms with Gasteiger partial charge in [-0.2, -0.15) is 17.3 Å². The van der Waals surface area contributed by atoms with Gasteiger partial charge < -0.3 is 14.6 Å². The number of sulfonamides is 1. The van der Waals surface area contributed by atoms with Crippen LogP contribution in [0.2, 0.25) is 0 Å². The van der Waals surface area contributed by atoms with Crippen LogP contribution in [0.25, 0.3) is 0 Å². The zero-order valence-electron chi connectivity index (χ0n) is 31.2. The van der Waals surface area contributed by atoms with Gasteiger partial charge in [-0.3, -0.25) is 9.35 Å². The SMILES string of the molecule is CN(CC(=O)O)S(=O)(=O)c1ccc2c(c1)C(C)(C)\C(=C/C=C/C=C/C=C/C1=[N+](CCCCS(=O)(=O)[O-])c3ccccc3C1(C)C)N2CCCCS(=O)(=O)O. The van der Waals surface area contributed by atoms with Crippen LogP contribution in [0.1, 0.15) is 64.5 Å². The van der Waals surface area contributed by atoms with Crippen molar-refractivity contribution >= 4 is 53.3 Å². The molecule has 0 saturated carbocycles. The number of carboxylic acid groups (broad SMARTS) is 1. The molecule has 2 N–H and O–H groups in total. The van der Waals surface area contributed by atoms with Crippen molar-refractivity contribution in [1.82, 2.24) is 4.31 Å². The molecule has 0 fully saturated rings. The Hall–Kier alpha value is -3.93. The molecule has 4 rings (SSSR count). The highest BCUT2D eigenvalue weighted by atomic mass is 32.2. The number of fused-ring (bicyclic) bond motifs is 2. The van der Waals surface area contributed by atoms with E-state index in [2.05, 4.69) is 24.5 Å². The monoisotopic (exact) mass is 803 g/mol. The summed E-state index contributed by atoms with van der Waals surface area (Å²) in [7, 11) is -11.3. The van der Waals surface area contributed by atoms with Crippen LogP contribution < -0.4 is 4.90 Å². The minimum Gasteiger partial charge on any atom is -0.748 e. The van der Waals surface area contributed by atoms with E-state index in [0.717, 1.165) is 32.7 Å². The van der Waals surface area contributed by atoms with Crippen LogP contribution in [0.4, 0.5) is 11.4 Å². The highest BCUT2D eigenvalue weighted by Gasteiger charge is 2.44. The fraction of sp³-hybridized carbons (Fsp3) is 0.421. The average Bonchev–Trinajstić information content (AvgIpc) is 3.41. The van der Waals surface area contributed by atoms with Gasteiger partial charge in [0.25, 0.3) is 10.1 Å². The molecule has 2 aliphatic heterocycles. The van der Waals surface area contributed by atoms with Crippen LogP contribution in [-0.2, 0) is 45.9 Å². The smallest absolute Gasteiger partial charge is 0.318 e. The molecule has 2 aromatic carbocycles. The van der Waals surface area contributed by atoms with E-state index in [1.807, 2.05) is 79.5 Å². The maximum absolute atomic E-state index is 13.2. The Morgan fingerprint density at radius 1 is 0.852 bits per heavy atom. The first-order valence-electron chi connectivity index (χ1n) is 17.5. The molecule has 2 aliphatic rings. The second-order valence-electron chi connectivity index (χ2n) is 14.4. The van der Waals surface area contributed by atoms with Gasteiger partial charge in [0.15, 0.2) is 5.71 Å². The summed E-state index contributed by atoms with van der Waals surface area (Å²) in [5.41, 5.74) is 4.50. The Balaban J connectivity index is 1.59. The summed E-state index contributed by atoms with van der Waals surface area (Å²) in [6.45, 7) is 8.42. The van der Waals surface area contributed by atoms with Crippen molar-refractivity contribution in [1.29, 1.82) is 0 Å². The van der Waals surface area contributed by atoms with Gasteiger partial charge in [0.05, 0.1) is 26.2 Å². The molecular weight excluding hydrogens is 755 g/mol. The Labute approximate surface area is 319 Å². The second-order valence-corrected chi connectivity index (χ2v) is 19.6. The highest BCUT2D eigenvalue weighted by Crippen LogP contribution is 2.48. The van der Waals surface area contributed by atoms with Gasteiger partial charge in [0, 0.05) is 60.3 Å². The van der Waals surface area contributed by atoms with Gasteiger partial charge in [-0.15, -0.1) is 0 Å². The van der Waals surface area contributed by atoms with Crippen molar-refractivity contribution < 1.29 is 48.8 Å². The third kappa shape index (κ3) is 10.2. The first kappa shape index (κ1) is 42.8. The largest absolute Gasteiger partial charge is 0.748 e. The molecule has 13 nitrogen and oxygen atoms in total. The van der Waals surface area contributed by atoms with Crippen molar-refractivity contribution in [3.63, 3.8) is 0 Å². The topological polar surface area (TPSA) is 192 Å². The van der Waals surface area contributed by atoms with Crippen molar-refractivity contribution in [2.75, 3.05) is 43.1 Å². The van der Waals surface area contributed by atoms with E-state index in [9.17, 15) is 39.2 Å². The first-order chi connectivity index (χ1) is 25.1.